The van der Waals surface area contributed by atoms with Crippen molar-refractivity contribution in [3.63, 3.8) is 0 Å². The number of hydrogen-bond donors (Lipinski definition) is 0. The molecular weight excluding hydrogens is 307 g/mol. The Hall–Kier alpha value is -0.820. The van der Waals surface area contributed by atoms with Crippen LogP contribution in [0, 0.1) is 6.92 Å². The Morgan fingerprint density at radius 3 is 2.69 bits per heavy atom. The minimum absolute atomic E-state index is 0.214. The fourth-order valence-corrected chi connectivity index (χ4v) is 2.83. The minimum Gasteiger partial charge on any atom is -0.406 e. The fourth-order valence-electron chi connectivity index (χ4n) is 1.33. The first kappa shape index (κ1) is 11.7. The molecule has 0 atom stereocenters. The highest BCUT2D eigenvalue weighted by atomic mass is 79.9. The van der Waals surface area contributed by atoms with E-state index in [0.717, 1.165) is 0 Å². The Labute approximate surface area is 101 Å². The summed E-state index contributed by atoms with van der Waals surface area (Å²) in [5.41, 5.74) is 1.34. The van der Waals surface area contributed by atoms with Crippen molar-refractivity contribution in [3.8, 4) is 5.75 Å². The van der Waals surface area contributed by atoms with Crippen molar-refractivity contribution in [2.24, 2.45) is 0 Å². The largest absolute Gasteiger partial charge is 0.573 e. The van der Waals surface area contributed by atoms with Crippen molar-refractivity contribution >= 4 is 37.5 Å². The van der Waals surface area contributed by atoms with Gasteiger partial charge in [-0.25, -0.2) is 4.98 Å². The van der Waals surface area contributed by atoms with Gasteiger partial charge in [0.1, 0.15) is 5.75 Å². The maximum absolute atomic E-state index is 12.0. The van der Waals surface area contributed by atoms with Gasteiger partial charge in [0.25, 0.3) is 0 Å². The van der Waals surface area contributed by atoms with E-state index in [-0.39, 0.29) is 5.75 Å². The first-order valence-electron chi connectivity index (χ1n) is 4.17. The predicted molar refractivity (Wildman–Crippen MR) is 58.7 cm³/mol. The van der Waals surface area contributed by atoms with Gasteiger partial charge >= 0.3 is 6.36 Å². The molecule has 0 spiro atoms. The summed E-state index contributed by atoms with van der Waals surface area (Å²) < 4.78 is 41.3. The molecule has 0 unspecified atom stereocenters. The minimum atomic E-state index is -4.66. The summed E-state index contributed by atoms with van der Waals surface area (Å²) in [7, 11) is 0. The number of benzene rings is 1. The van der Waals surface area contributed by atoms with Crippen LogP contribution >= 0.6 is 27.3 Å². The molecule has 2 aromatic rings. The van der Waals surface area contributed by atoms with Crippen molar-refractivity contribution in [2.45, 2.75) is 13.3 Å². The number of rotatable bonds is 1. The van der Waals surface area contributed by atoms with Crippen LogP contribution in [0.5, 0.6) is 5.75 Å². The molecule has 2 nitrogen and oxygen atoms in total. The Kier molecular flexibility index (Phi) is 2.83. The van der Waals surface area contributed by atoms with Crippen molar-refractivity contribution in [2.75, 3.05) is 0 Å². The van der Waals surface area contributed by atoms with Gasteiger partial charge in [-0.05, 0) is 34.5 Å². The molecule has 0 radical (unpaired) electrons. The molecule has 0 amide bonds. The SMILES string of the molecule is Cc1cc(OC(F)(F)F)cc2sc(Br)nc12. The molecule has 0 fully saturated rings. The van der Waals surface area contributed by atoms with Gasteiger partial charge in [-0.1, -0.05) is 0 Å². The summed E-state index contributed by atoms with van der Waals surface area (Å²) >= 11 is 4.45. The van der Waals surface area contributed by atoms with E-state index in [2.05, 4.69) is 25.7 Å². The van der Waals surface area contributed by atoms with Crippen LogP contribution in [0.15, 0.2) is 16.0 Å². The van der Waals surface area contributed by atoms with E-state index in [1.54, 1.807) is 6.92 Å². The number of fused-ring (bicyclic) bond motifs is 1. The van der Waals surface area contributed by atoms with Crippen LogP contribution < -0.4 is 4.74 Å². The summed E-state index contributed by atoms with van der Waals surface area (Å²) in [6, 6.07) is 2.65. The number of hydrogen-bond acceptors (Lipinski definition) is 3. The zero-order valence-corrected chi connectivity index (χ0v) is 10.3. The molecule has 0 aliphatic carbocycles. The van der Waals surface area contributed by atoms with Gasteiger partial charge in [0, 0.05) is 6.07 Å². The molecule has 86 valence electrons. The van der Waals surface area contributed by atoms with Crippen molar-refractivity contribution in [1.82, 2.24) is 4.98 Å². The Bertz CT molecular complexity index is 537. The molecular formula is C9H5BrF3NOS. The number of halogens is 4. The van der Waals surface area contributed by atoms with Crippen molar-refractivity contribution in [1.29, 1.82) is 0 Å². The van der Waals surface area contributed by atoms with E-state index in [4.69, 9.17) is 0 Å². The quantitative estimate of drug-likeness (QED) is 0.785. The lowest BCUT2D eigenvalue weighted by atomic mass is 10.2. The van der Waals surface area contributed by atoms with Crippen LogP contribution in [0.4, 0.5) is 13.2 Å². The van der Waals surface area contributed by atoms with Crippen LogP contribution in [-0.4, -0.2) is 11.3 Å². The second-order valence-electron chi connectivity index (χ2n) is 3.10. The topological polar surface area (TPSA) is 22.1 Å². The monoisotopic (exact) mass is 311 g/mol. The molecule has 0 aliphatic rings. The van der Waals surface area contributed by atoms with E-state index in [9.17, 15) is 13.2 Å². The van der Waals surface area contributed by atoms with Crippen molar-refractivity contribution in [3.05, 3.63) is 21.6 Å². The summed E-state index contributed by atoms with van der Waals surface area (Å²) in [6.45, 7) is 1.69. The Morgan fingerprint density at radius 2 is 2.06 bits per heavy atom. The molecule has 2 rings (SSSR count). The first-order valence-corrected chi connectivity index (χ1v) is 5.78. The standard InChI is InChI=1S/C9H5BrF3NOS/c1-4-2-5(15-9(11,12)13)3-6-7(4)14-8(10)16-6/h2-3H,1H3. The van der Waals surface area contributed by atoms with Gasteiger partial charge in [-0.2, -0.15) is 0 Å². The van der Waals surface area contributed by atoms with Gasteiger partial charge in [0.15, 0.2) is 3.92 Å². The van der Waals surface area contributed by atoms with Gasteiger partial charge in [-0.3, -0.25) is 0 Å². The number of thiazole rings is 1. The first-order chi connectivity index (χ1) is 7.35. The van der Waals surface area contributed by atoms with E-state index in [0.29, 0.717) is 19.7 Å². The lowest BCUT2D eigenvalue weighted by Crippen LogP contribution is -2.17. The van der Waals surface area contributed by atoms with Gasteiger partial charge < -0.3 is 4.74 Å². The second-order valence-corrected chi connectivity index (χ2v) is 5.41. The maximum Gasteiger partial charge on any atom is 0.573 e. The molecule has 0 bridgehead atoms. The highest BCUT2D eigenvalue weighted by Gasteiger charge is 2.31. The number of nitrogens with zero attached hydrogens (tertiary/aromatic N) is 1. The van der Waals surface area contributed by atoms with E-state index in [1.165, 1.54) is 23.5 Å². The average molecular weight is 312 g/mol. The smallest absolute Gasteiger partial charge is 0.406 e. The zero-order chi connectivity index (χ0) is 11.9. The van der Waals surface area contributed by atoms with E-state index < -0.39 is 6.36 Å². The highest BCUT2D eigenvalue weighted by molar-refractivity contribution is 9.11. The second kappa shape index (κ2) is 3.89. The average Bonchev–Trinajstić information content (AvgIpc) is 2.42. The van der Waals surface area contributed by atoms with Gasteiger partial charge in [0.2, 0.25) is 0 Å². The maximum atomic E-state index is 12.0. The van der Waals surface area contributed by atoms with Crippen LogP contribution in [0.2, 0.25) is 0 Å². The van der Waals surface area contributed by atoms with Crippen LogP contribution in [0.3, 0.4) is 0 Å². The zero-order valence-electron chi connectivity index (χ0n) is 7.93. The number of ether oxygens (including phenoxy) is 1. The molecule has 1 heterocycles. The molecule has 1 aromatic heterocycles. The number of aryl methyl sites for hydroxylation is 1. The Morgan fingerprint density at radius 1 is 1.38 bits per heavy atom. The van der Waals surface area contributed by atoms with Crippen LogP contribution in [0.1, 0.15) is 5.56 Å². The van der Waals surface area contributed by atoms with Crippen LogP contribution in [0.25, 0.3) is 10.2 Å². The van der Waals surface area contributed by atoms with E-state index in [1.807, 2.05) is 0 Å². The third-order valence-electron chi connectivity index (χ3n) is 1.87. The predicted octanol–water partition coefficient (Wildman–Crippen LogP) is 4.27. The molecule has 1 aromatic carbocycles. The number of aromatic nitrogens is 1. The molecule has 16 heavy (non-hydrogen) atoms. The lowest BCUT2D eigenvalue weighted by Gasteiger charge is -2.09. The molecule has 7 heteroatoms. The third kappa shape index (κ3) is 2.46. The normalized spacial score (nSPS) is 12.1. The molecule has 0 aliphatic heterocycles. The fraction of sp³-hybridized carbons (Fsp3) is 0.222. The summed E-state index contributed by atoms with van der Waals surface area (Å²) in [5, 5.41) is 0. The molecule has 0 saturated carbocycles. The lowest BCUT2D eigenvalue weighted by molar-refractivity contribution is -0.274. The van der Waals surface area contributed by atoms with Gasteiger partial charge in [-0.15, -0.1) is 24.5 Å². The summed E-state index contributed by atoms with van der Waals surface area (Å²) in [6.07, 6.45) is -4.66. The van der Waals surface area contributed by atoms with E-state index >= 15 is 0 Å². The summed E-state index contributed by atoms with van der Waals surface area (Å²) in [4.78, 5) is 4.15. The summed E-state index contributed by atoms with van der Waals surface area (Å²) in [5.74, 6) is -0.214. The highest BCUT2D eigenvalue weighted by Crippen LogP contribution is 2.33. The number of alkyl halides is 3. The van der Waals surface area contributed by atoms with Crippen molar-refractivity contribution < 1.29 is 17.9 Å². The molecule has 0 N–H and O–H groups in total. The van der Waals surface area contributed by atoms with Gasteiger partial charge in [0.05, 0.1) is 10.2 Å². The third-order valence-corrected chi connectivity index (χ3v) is 3.32. The molecule has 0 saturated heterocycles. The Balaban J connectivity index is 2.49. The van der Waals surface area contributed by atoms with Crippen LogP contribution in [-0.2, 0) is 0 Å².